The fraction of sp³-hybridized carbons (Fsp3) is 0.692. The predicted molar refractivity (Wildman–Crippen MR) is 73.4 cm³/mol. The van der Waals surface area contributed by atoms with Crippen LogP contribution in [0, 0.1) is 0 Å². The third kappa shape index (κ3) is 6.06. The van der Waals surface area contributed by atoms with Crippen LogP contribution in [0.5, 0.6) is 0 Å². The lowest BCUT2D eigenvalue weighted by molar-refractivity contribution is 0.307. The summed E-state index contributed by atoms with van der Waals surface area (Å²) in [6.45, 7) is 8.19. The van der Waals surface area contributed by atoms with Crippen LogP contribution in [0.2, 0.25) is 0 Å². The molecule has 0 fully saturated rings. The highest BCUT2D eigenvalue weighted by atomic mass is 35.5. The Kier molecular flexibility index (Phi) is 9.21. The lowest BCUT2D eigenvalue weighted by atomic mass is 10.1. The molecule has 0 saturated carbocycles. The molecule has 0 aromatic carbocycles. The Balaban J connectivity index is 0.00000225. The van der Waals surface area contributed by atoms with E-state index in [9.17, 15) is 0 Å². The number of unbranched alkanes of at least 4 members (excludes halogenated alkanes) is 5. The normalized spacial score (nSPS) is 14.1. The molecule has 0 spiro atoms. The summed E-state index contributed by atoms with van der Waals surface area (Å²) in [5.41, 5.74) is 0. The van der Waals surface area contributed by atoms with Crippen LogP contribution in [-0.4, -0.2) is 23.0 Å². The first kappa shape index (κ1) is 15.4. The van der Waals surface area contributed by atoms with Crippen LogP contribution < -0.4 is 0 Å². The molecule has 0 aromatic rings. The lowest BCUT2D eigenvalue weighted by Gasteiger charge is -2.18. The number of hydrogen-bond acceptors (Lipinski definition) is 2. The molecule has 2 nitrogen and oxygen atoms in total. The van der Waals surface area contributed by atoms with Crippen molar-refractivity contribution in [2.45, 2.75) is 45.4 Å². The van der Waals surface area contributed by atoms with Gasteiger partial charge in [0, 0.05) is 18.9 Å². The lowest BCUT2D eigenvalue weighted by Crippen LogP contribution is -2.22. The van der Waals surface area contributed by atoms with Crippen molar-refractivity contribution in [3.05, 3.63) is 25.2 Å². The van der Waals surface area contributed by atoms with Crippen LogP contribution in [-0.2, 0) is 0 Å². The summed E-state index contributed by atoms with van der Waals surface area (Å²) in [5, 5.41) is 0. The smallest absolute Gasteiger partial charge is 0.0935 e. The van der Waals surface area contributed by atoms with Crippen LogP contribution >= 0.6 is 12.4 Å². The molecule has 0 unspecified atom stereocenters. The molecule has 0 bridgehead atoms. The molecule has 1 aliphatic heterocycles. The van der Waals surface area contributed by atoms with Crippen molar-refractivity contribution in [1.82, 2.24) is 9.80 Å². The van der Waals surface area contributed by atoms with Gasteiger partial charge in [-0.05, 0) is 12.6 Å². The molecule has 1 rings (SSSR count). The van der Waals surface area contributed by atoms with E-state index in [4.69, 9.17) is 0 Å². The van der Waals surface area contributed by atoms with Gasteiger partial charge < -0.3 is 9.80 Å². The molecule has 16 heavy (non-hydrogen) atoms. The number of nitrogens with zero attached hydrogens (tertiary/aromatic N) is 2. The van der Waals surface area contributed by atoms with Gasteiger partial charge in [0.1, 0.15) is 0 Å². The molecule has 3 heteroatoms. The summed E-state index contributed by atoms with van der Waals surface area (Å²) in [4.78, 5) is 4.46. The van der Waals surface area contributed by atoms with Gasteiger partial charge in [-0.3, -0.25) is 0 Å². The Morgan fingerprint density at radius 2 is 1.81 bits per heavy atom. The van der Waals surface area contributed by atoms with Gasteiger partial charge in [0.2, 0.25) is 0 Å². The molecule has 0 aliphatic carbocycles. The first-order chi connectivity index (χ1) is 7.36. The topological polar surface area (TPSA) is 6.48 Å². The molecule has 0 N–H and O–H groups in total. The van der Waals surface area contributed by atoms with E-state index in [-0.39, 0.29) is 12.4 Å². The number of halogens is 1. The van der Waals surface area contributed by atoms with E-state index in [0.717, 1.165) is 6.67 Å². The molecule has 1 heterocycles. The number of hydrogen-bond donors (Lipinski definition) is 0. The largest absolute Gasteiger partial charge is 0.358 e. The SMILES string of the molecule is C=CN1C=CN(CCCCCCCC)C1.Cl. The van der Waals surface area contributed by atoms with Crippen LogP contribution in [0.25, 0.3) is 0 Å². The standard InChI is InChI=1S/C13H24N2.ClH/c1-3-5-6-7-8-9-10-15-12-11-14(4-2)13-15;/h4,11-12H,2-3,5-10,13H2,1H3;1H. The fourth-order valence-electron chi connectivity index (χ4n) is 1.84. The summed E-state index contributed by atoms with van der Waals surface area (Å²) in [6.07, 6.45) is 14.4. The zero-order valence-electron chi connectivity index (χ0n) is 10.4. The maximum absolute atomic E-state index is 3.76. The zero-order valence-corrected chi connectivity index (χ0v) is 11.2. The fourth-order valence-corrected chi connectivity index (χ4v) is 1.84. The highest BCUT2D eigenvalue weighted by Crippen LogP contribution is 2.10. The van der Waals surface area contributed by atoms with Gasteiger partial charge in [-0.1, -0.05) is 45.6 Å². The summed E-state index contributed by atoms with van der Waals surface area (Å²) in [6, 6.07) is 0. The number of rotatable bonds is 8. The molecule has 1 aliphatic rings. The summed E-state index contributed by atoms with van der Waals surface area (Å²) < 4.78 is 0. The van der Waals surface area contributed by atoms with Crippen molar-refractivity contribution < 1.29 is 0 Å². The Bertz CT molecular complexity index is 204. The van der Waals surface area contributed by atoms with Gasteiger partial charge in [-0.2, -0.15) is 0 Å². The third-order valence-corrected chi connectivity index (χ3v) is 2.85. The molecule has 0 saturated heterocycles. The highest BCUT2D eigenvalue weighted by Gasteiger charge is 2.07. The van der Waals surface area contributed by atoms with Crippen molar-refractivity contribution in [3.8, 4) is 0 Å². The average molecular weight is 245 g/mol. The molecule has 0 atom stereocenters. The van der Waals surface area contributed by atoms with Crippen molar-refractivity contribution in [1.29, 1.82) is 0 Å². The second-order valence-corrected chi connectivity index (χ2v) is 4.22. The van der Waals surface area contributed by atoms with E-state index in [1.54, 1.807) is 0 Å². The Hall–Kier alpha value is -0.630. The van der Waals surface area contributed by atoms with E-state index in [1.165, 1.54) is 45.1 Å². The van der Waals surface area contributed by atoms with Gasteiger partial charge >= 0.3 is 0 Å². The minimum absolute atomic E-state index is 0. The molecule has 0 amide bonds. The minimum atomic E-state index is 0. The summed E-state index contributed by atoms with van der Waals surface area (Å²) in [7, 11) is 0. The first-order valence-electron chi connectivity index (χ1n) is 6.17. The van der Waals surface area contributed by atoms with Crippen molar-refractivity contribution >= 4 is 12.4 Å². The van der Waals surface area contributed by atoms with E-state index < -0.39 is 0 Å². The predicted octanol–water partition coefficient (Wildman–Crippen LogP) is 3.96. The van der Waals surface area contributed by atoms with Crippen LogP contribution in [0.1, 0.15) is 45.4 Å². The maximum atomic E-state index is 3.76. The molecule has 0 radical (unpaired) electrons. The quantitative estimate of drug-likeness (QED) is 0.597. The van der Waals surface area contributed by atoms with E-state index in [1.807, 2.05) is 6.20 Å². The third-order valence-electron chi connectivity index (χ3n) is 2.85. The van der Waals surface area contributed by atoms with Gasteiger partial charge in [0.05, 0.1) is 6.67 Å². The Morgan fingerprint density at radius 3 is 2.44 bits per heavy atom. The molecule has 0 aromatic heterocycles. The highest BCUT2D eigenvalue weighted by molar-refractivity contribution is 5.85. The van der Waals surface area contributed by atoms with Gasteiger partial charge in [0.25, 0.3) is 0 Å². The van der Waals surface area contributed by atoms with E-state index >= 15 is 0 Å². The van der Waals surface area contributed by atoms with Crippen LogP contribution in [0.15, 0.2) is 25.2 Å². The Morgan fingerprint density at radius 1 is 1.12 bits per heavy atom. The second-order valence-electron chi connectivity index (χ2n) is 4.22. The monoisotopic (exact) mass is 244 g/mol. The first-order valence-corrected chi connectivity index (χ1v) is 6.17. The molecular formula is C13H25ClN2. The zero-order chi connectivity index (χ0) is 10.9. The van der Waals surface area contributed by atoms with Crippen LogP contribution in [0.3, 0.4) is 0 Å². The van der Waals surface area contributed by atoms with Gasteiger partial charge in [0.15, 0.2) is 0 Å². The Labute approximate surface area is 106 Å². The molecular weight excluding hydrogens is 220 g/mol. The maximum Gasteiger partial charge on any atom is 0.0935 e. The van der Waals surface area contributed by atoms with Gasteiger partial charge in [-0.25, -0.2) is 0 Å². The second kappa shape index (κ2) is 9.59. The van der Waals surface area contributed by atoms with E-state index in [2.05, 4.69) is 35.7 Å². The van der Waals surface area contributed by atoms with Crippen molar-refractivity contribution in [2.75, 3.05) is 13.2 Å². The van der Waals surface area contributed by atoms with Gasteiger partial charge in [-0.15, -0.1) is 12.4 Å². The summed E-state index contributed by atoms with van der Waals surface area (Å²) in [5.74, 6) is 0. The van der Waals surface area contributed by atoms with Crippen molar-refractivity contribution in [3.63, 3.8) is 0 Å². The van der Waals surface area contributed by atoms with Crippen LogP contribution in [0.4, 0.5) is 0 Å². The minimum Gasteiger partial charge on any atom is -0.358 e. The molecule has 94 valence electrons. The average Bonchev–Trinajstić information content (AvgIpc) is 2.71. The van der Waals surface area contributed by atoms with E-state index in [0.29, 0.717) is 0 Å². The summed E-state index contributed by atoms with van der Waals surface area (Å²) >= 11 is 0. The van der Waals surface area contributed by atoms with Crippen molar-refractivity contribution in [2.24, 2.45) is 0 Å².